The minimum atomic E-state index is -1.06. The molecular formula is C15H28N2O4. The Hall–Kier alpha value is -1.30. The van der Waals surface area contributed by atoms with Gasteiger partial charge in [0.1, 0.15) is 0 Å². The standard InChI is InChI=1S/C15H28N2O4/c1-14(2,12(18)19)15(3,4)16-13(20)17(5)10-11-8-6-7-9-21-11/h11H,6-10H2,1-5H3,(H,16,20)(H,18,19). The van der Waals surface area contributed by atoms with Crippen LogP contribution in [-0.4, -0.2) is 53.8 Å². The summed E-state index contributed by atoms with van der Waals surface area (Å²) in [6.07, 6.45) is 3.23. The Kier molecular flexibility index (Phi) is 5.61. The first kappa shape index (κ1) is 17.8. The van der Waals surface area contributed by atoms with Gasteiger partial charge in [0.15, 0.2) is 0 Å². The lowest BCUT2D eigenvalue weighted by atomic mass is 9.74. The van der Waals surface area contributed by atoms with E-state index in [1.807, 2.05) is 0 Å². The van der Waals surface area contributed by atoms with E-state index in [0.717, 1.165) is 25.9 Å². The smallest absolute Gasteiger partial charge is 0.317 e. The number of carboxylic acids is 1. The minimum absolute atomic E-state index is 0.0742. The molecule has 1 aliphatic heterocycles. The largest absolute Gasteiger partial charge is 0.481 e. The topological polar surface area (TPSA) is 78.9 Å². The molecule has 0 aromatic rings. The molecule has 21 heavy (non-hydrogen) atoms. The highest BCUT2D eigenvalue weighted by Crippen LogP contribution is 2.30. The summed E-state index contributed by atoms with van der Waals surface area (Å²) in [5.41, 5.74) is -1.93. The zero-order valence-electron chi connectivity index (χ0n) is 13.7. The van der Waals surface area contributed by atoms with Gasteiger partial charge in [-0.2, -0.15) is 0 Å². The molecule has 2 N–H and O–H groups in total. The van der Waals surface area contributed by atoms with Gasteiger partial charge in [-0.1, -0.05) is 0 Å². The number of hydrogen-bond acceptors (Lipinski definition) is 3. The molecule has 122 valence electrons. The molecule has 1 rings (SSSR count). The molecule has 6 heteroatoms. The number of rotatable bonds is 5. The van der Waals surface area contributed by atoms with Crippen molar-refractivity contribution in [3.8, 4) is 0 Å². The summed E-state index contributed by atoms with van der Waals surface area (Å²) in [6, 6.07) is -0.275. The molecule has 1 unspecified atom stereocenters. The molecule has 1 aliphatic rings. The van der Waals surface area contributed by atoms with Gasteiger partial charge in [-0.3, -0.25) is 4.79 Å². The van der Waals surface area contributed by atoms with Crippen LogP contribution < -0.4 is 5.32 Å². The van der Waals surface area contributed by atoms with Crippen LogP contribution in [0.5, 0.6) is 0 Å². The van der Waals surface area contributed by atoms with E-state index in [4.69, 9.17) is 4.74 Å². The van der Waals surface area contributed by atoms with Gasteiger partial charge in [-0.05, 0) is 47.0 Å². The summed E-state index contributed by atoms with van der Waals surface area (Å²) < 4.78 is 5.62. The molecule has 0 radical (unpaired) electrons. The number of ether oxygens (including phenoxy) is 1. The maximum Gasteiger partial charge on any atom is 0.317 e. The molecule has 1 heterocycles. The van der Waals surface area contributed by atoms with Crippen LogP contribution in [-0.2, 0) is 9.53 Å². The van der Waals surface area contributed by atoms with Crippen LogP contribution in [0.3, 0.4) is 0 Å². The van der Waals surface area contributed by atoms with Crippen LogP contribution in [0.1, 0.15) is 47.0 Å². The summed E-state index contributed by atoms with van der Waals surface area (Å²) in [6.45, 7) is 7.95. The van der Waals surface area contributed by atoms with Crippen molar-refractivity contribution in [2.75, 3.05) is 20.2 Å². The molecule has 1 atom stereocenters. The minimum Gasteiger partial charge on any atom is -0.481 e. The second-order valence-corrected chi connectivity index (χ2v) is 6.85. The highest BCUT2D eigenvalue weighted by atomic mass is 16.5. The van der Waals surface area contributed by atoms with Crippen molar-refractivity contribution in [2.45, 2.75) is 58.6 Å². The third-order valence-corrected chi connectivity index (χ3v) is 4.61. The predicted molar refractivity (Wildman–Crippen MR) is 80.2 cm³/mol. The highest BCUT2D eigenvalue weighted by Gasteiger charge is 2.44. The maximum atomic E-state index is 12.3. The van der Waals surface area contributed by atoms with Crippen molar-refractivity contribution in [1.29, 1.82) is 0 Å². The van der Waals surface area contributed by atoms with Gasteiger partial charge in [0.25, 0.3) is 0 Å². The third-order valence-electron chi connectivity index (χ3n) is 4.61. The number of hydrogen-bond donors (Lipinski definition) is 2. The van der Waals surface area contributed by atoms with Crippen LogP contribution in [0, 0.1) is 5.41 Å². The lowest BCUT2D eigenvalue weighted by Gasteiger charge is -2.40. The number of carbonyl (C=O) groups excluding carboxylic acids is 1. The van der Waals surface area contributed by atoms with Gasteiger partial charge < -0.3 is 20.1 Å². The van der Waals surface area contributed by atoms with E-state index in [1.165, 1.54) is 0 Å². The zero-order valence-corrected chi connectivity index (χ0v) is 13.7. The molecule has 2 amide bonds. The fourth-order valence-electron chi connectivity index (χ4n) is 2.13. The Labute approximate surface area is 126 Å². The summed E-state index contributed by atoms with van der Waals surface area (Å²) in [5, 5.41) is 12.1. The normalized spacial score (nSPS) is 20.0. The Morgan fingerprint density at radius 2 is 1.90 bits per heavy atom. The van der Waals surface area contributed by atoms with Gasteiger partial charge in [-0.15, -0.1) is 0 Å². The van der Waals surface area contributed by atoms with Crippen molar-refractivity contribution in [1.82, 2.24) is 10.2 Å². The highest BCUT2D eigenvalue weighted by molar-refractivity contribution is 5.79. The van der Waals surface area contributed by atoms with E-state index in [1.54, 1.807) is 39.6 Å². The molecule has 0 aliphatic carbocycles. The summed E-state index contributed by atoms with van der Waals surface area (Å²) >= 11 is 0. The van der Waals surface area contributed by atoms with Crippen LogP contribution >= 0.6 is 0 Å². The average molecular weight is 300 g/mol. The first-order valence-electron chi connectivity index (χ1n) is 7.46. The van der Waals surface area contributed by atoms with Gasteiger partial charge in [0.05, 0.1) is 17.1 Å². The second-order valence-electron chi connectivity index (χ2n) is 6.85. The molecular weight excluding hydrogens is 272 g/mol. The van der Waals surface area contributed by atoms with Crippen molar-refractivity contribution < 1.29 is 19.4 Å². The van der Waals surface area contributed by atoms with E-state index in [-0.39, 0.29) is 12.1 Å². The van der Waals surface area contributed by atoms with Crippen molar-refractivity contribution in [3.63, 3.8) is 0 Å². The van der Waals surface area contributed by atoms with Crippen LogP contribution in [0.15, 0.2) is 0 Å². The molecule has 0 aromatic carbocycles. The molecule has 0 bridgehead atoms. The van der Waals surface area contributed by atoms with E-state index in [2.05, 4.69) is 5.32 Å². The lowest BCUT2D eigenvalue weighted by molar-refractivity contribution is -0.150. The van der Waals surface area contributed by atoms with E-state index >= 15 is 0 Å². The van der Waals surface area contributed by atoms with Crippen molar-refractivity contribution >= 4 is 12.0 Å². The molecule has 6 nitrogen and oxygen atoms in total. The van der Waals surface area contributed by atoms with Crippen LogP contribution in [0.2, 0.25) is 0 Å². The Morgan fingerprint density at radius 3 is 2.38 bits per heavy atom. The number of nitrogens with one attached hydrogen (secondary N) is 1. The Morgan fingerprint density at radius 1 is 1.29 bits per heavy atom. The van der Waals surface area contributed by atoms with Gasteiger partial charge in [0.2, 0.25) is 0 Å². The van der Waals surface area contributed by atoms with Gasteiger partial charge >= 0.3 is 12.0 Å². The molecule has 0 spiro atoms. The van der Waals surface area contributed by atoms with Gasteiger partial charge in [-0.25, -0.2) is 4.79 Å². The lowest BCUT2D eigenvalue weighted by Crippen LogP contribution is -2.59. The summed E-state index contributed by atoms with van der Waals surface area (Å²) in [7, 11) is 1.71. The zero-order chi connectivity index (χ0) is 16.3. The number of urea groups is 1. The number of carboxylic acid groups (broad SMARTS) is 1. The third kappa shape index (κ3) is 4.33. The van der Waals surface area contributed by atoms with Crippen molar-refractivity contribution in [2.24, 2.45) is 5.41 Å². The number of amides is 2. The van der Waals surface area contributed by atoms with Crippen LogP contribution in [0.4, 0.5) is 4.79 Å². The first-order valence-corrected chi connectivity index (χ1v) is 7.46. The number of nitrogens with zero attached hydrogens (tertiary/aromatic N) is 1. The van der Waals surface area contributed by atoms with E-state index in [0.29, 0.717) is 6.54 Å². The van der Waals surface area contributed by atoms with Crippen molar-refractivity contribution in [3.05, 3.63) is 0 Å². The predicted octanol–water partition coefficient (Wildman–Crippen LogP) is 2.09. The summed E-state index contributed by atoms with van der Waals surface area (Å²) in [5.74, 6) is -0.939. The first-order chi connectivity index (χ1) is 9.58. The monoisotopic (exact) mass is 300 g/mol. The fourth-order valence-corrected chi connectivity index (χ4v) is 2.13. The maximum absolute atomic E-state index is 12.3. The van der Waals surface area contributed by atoms with Crippen LogP contribution in [0.25, 0.3) is 0 Å². The van der Waals surface area contributed by atoms with Gasteiger partial charge in [0, 0.05) is 20.2 Å². The number of likely N-dealkylation sites (N-methyl/N-ethyl adjacent to an activating group) is 1. The average Bonchev–Trinajstić information content (AvgIpc) is 2.38. The number of carbonyl (C=O) groups is 2. The fraction of sp³-hybridized carbons (Fsp3) is 0.867. The Balaban J connectivity index is 2.60. The quantitative estimate of drug-likeness (QED) is 0.815. The number of aliphatic carboxylic acids is 1. The second kappa shape index (κ2) is 6.64. The van der Waals surface area contributed by atoms with E-state index < -0.39 is 16.9 Å². The molecule has 0 aromatic heterocycles. The van der Waals surface area contributed by atoms with E-state index in [9.17, 15) is 14.7 Å². The summed E-state index contributed by atoms with van der Waals surface area (Å²) in [4.78, 5) is 25.2. The molecule has 1 saturated heterocycles. The Bertz CT molecular complexity index is 387. The molecule has 1 fully saturated rings. The SMILES string of the molecule is CN(CC1CCCCO1)C(=O)NC(C)(C)C(C)(C)C(=O)O. The molecule has 0 saturated carbocycles.